The van der Waals surface area contributed by atoms with Gasteiger partial charge in [0.1, 0.15) is 11.6 Å². The Hall–Kier alpha value is -3.75. The number of aliphatic hydroxyl groups is 1. The summed E-state index contributed by atoms with van der Waals surface area (Å²) >= 11 is 0. The summed E-state index contributed by atoms with van der Waals surface area (Å²) in [5, 5.41) is 9.50. The molecule has 43 heavy (non-hydrogen) atoms. The third-order valence-corrected chi connectivity index (χ3v) is 9.51. The molecule has 3 aliphatic rings. The van der Waals surface area contributed by atoms with Crippen LogP contribution in [-0.2, 0) is 25.7 Å². The number of nitrogens with zero attached hydrogens (tertiary/aromatic N) is 3. The van der Waals surface area contributed by atoms with E-state index in [1.54, 1.807) is 26.9 Å². The van der Waals surface area contributed by atoms with Crippen molar-refractivity contribution in [2.75, 3.05) is 31.1 Å². The lowest BCUT2D eigenvalue weighted by Crippen LogP contribution is -2.56. The summed E-state index contributed by atoms with van der Waals surface area (Å²) in [5.41, 5.74) is -0.255. The van der Waals surface area contributed by atoms with E-state index in [-0.39, 0.29) is 24.3 Å². The minimum atomic E-state index is -1.11. The smallest absolute Gasteiger partial charge is 0.248 e. The normalized spacial score (nSPS) is 27.2. The van der Waals surface area contributed by atoms with Crippen molar-refractivity contribution in [3.63, 3.8) is 0 Å². The van der Waals surface area contributed by atoms with Crippen LogP contribution in [0.5, 0.6) is 0 Å². The van der Waals surface area contributed by atoms with Gasteiger partial charge in [0.25, 0.3) is 0 Å². The number of aliphatic hydroxyl groups excluding tert-OH is 1. The summed E-state index contributed by atoms with van der Waals surface area (Å²) in [5.74, 6) is -2.11. The molecule has 5 rings (SSSR count). The molecule has 3 fully saturated rings. The zero-order valence-electron chi connectivity index (χ0n) is 25.1. The van der Waals surface area contributed by atoms with Crippen LogP contribution in [0.4, 0.5) is 5.69 Å². The van der Waals surface area contributed by atoms with Crippen LogP contribution in [0.15, 0.2) is 86.0 Å². The second kappa shape index (κ2) is 12.9. The van der Waals surface area contributed by atoms with Gasteiger partial charge in [0.2, 0.25) is 17.7 Å². The zero-order valence-corrected chi connectivity index (χ0v) is 25.1. The van der Waals surface area contributed by atoms with Gasteiger partial charge in [-0.15, -0.1) is 13.2 Å². The standard InChI is InChI=1S/C35H43N3O5/c1-4-21-36(25-26-15-9-7-10-16-26)33(42)30-35-20-19-34(6-3,43-35)28(29(35)32(41)38(30)23-13-14-24-39)31(40)37(22-5-2)27-17-11-8-12-18-27/h4-5,7-12,15-18,28-30,39H,1-2,6,13-14,19-25H2,3H3/t28-,29+,30?,34+,35?/m1/s1. The van der Waals surface area contributed by atoms with Gasteiger partial charge in [-0.2, -0.15) is 0 Å². The van der Waals surface area contributed by atoms with E-state index in [2.05, 4.69) is 13.2 Å². The van der Waals surface area contributed by atoms with Crippen molar-refractivity contribution >= 4 is 23.4 Å². The molecule has 3 aliphatic heterocycles. The van der Waals surface area contributed by atoms with Crippen molar-refractivity contribution in [2.24, 2.45) is 11.8 Å². The van der Waals surface area contributed by atoms with Crippen molar-refractivity contribution in [1.82, 2.24) is 9.80 Å². The number of carbonyl (C=O) groups is 3. The summed E-state index contributed by atoms with van der Waals surface area (Å²) in [7, 11) is 0. The van der Waals surface area contributed by atoms with Crippen LogP contribution in [0.25, 0.3) is 0 Å². The van der Waals surface area contributed by atoms with Crippen LogP contribution < -0.4 is 4.90 Å². The maximum Gasteiger partial charge on any atom is 0.248 e. The number of ether oxygens (including phenoxy) is 1. The van der Waals surface area contributed by atoms with Gasteiger partial charge in [0.15, 0.2) is 0 Å². The first-order valence-electron chi connectivity index (χ1n) is 15.4. The number of hydrogen-bond donors (Lipinski definition) is 1. The molecule has 2 aromatic carbocycles. The molecule has 3 saturated heterocycles. The molecule has 0 saturated carbocycles. The molecule has 2 bridgehead atoms. The summed E-state index contributed by atoms with van der Waals surface area (Å²) in [6.07, 6.45) is 6.10. The number of carbonyl (C=O) groups excluding carboxylic acids is 3. The number of benzene rings is 2. The van der Waals surface area contributed by atoms with E-state index < -0.39 is 29.1 Å². The van der Waals surface area contributed by atoms with Gasteiger partial charge >= 0.3 is 0 Å². The maximum atomic E-state index is 14.6. The highest BCUT2D eigenvalue weighted by atomic mass is 16.5. The van der Waals surface area contributed by atoms with E-state index in [0.717, 1.165) is 11.3 Å². The van der Waals surface area contributed by atoms with Crippen molar-refractivity contribution in [1.29, 1.82) is 0 Å². The number of likely N-dealkylation sites (tertiary alicyclic amines) is 1. The molecule has 1 N–H and O–H groups in total. The number of unbranched alkanes of at least 4 members (excludes halogenated alkanes) is 1. The molecule has 0 radical (unpaired) electrons. The van der Waals surface area contributed by atoms with Gasteiger partial charge < -0.3 is 24.5 Å². The fraction of sp³-hybridized carbons (Fsp3) is 0.457. The van der Waals surface area contributed by atoms with E-state index in [9.17, 15) is 19.5 Å². The van der Waals surface area contributed by atoms with Gasteiger partial charge in [-0.1, -0.05) is 67.6 Å². The quantitative estimate of drug-likeness (QED) is 0.263. The Morgan fingerprint density at radius 1 is 1.00 bits per heavy atom. The first-order valence-corrected chi connectivity index (χ1v) is 15.4. The van der Waals surface area contributed by atoms with Crippen molar-refractivity contribution in [3.8, 4) is 0 Å². The Bertz CT molecular complexity index is 1330. The number of anilines is 1. The summed E-state index contributed by atoms with van der Waals surface area (Å²) < 4.78 is 6.98. The lowest BCUT2D eigenvalue weighted by molar-refractivity contribution is -0.153. The van der Waals surface area contributed by atoms with E-state index in [4.69, 9.17) is 4.74 Å². The van der Waals surface area contributed by atoms with Crippen molar-refractivity contribution in [2.45, 2.75) is 62.8 Å². The van der Waals surface area contributed by atoms with E-state index in [1.807, 2.05) is 67.6 Å². The van der Waals surface area contributed by atoms with Gasteiger partial charge in [0, 0.05) is 38.5 Å². The number of para-hydroxylation sites is 1. The zero-order chi connectivity index (χ0) is 30.6. The summed E-state index contributed by atoms with van der Waals surface area (Å²) in [6, 6.07) is 18.3. The fourth-order valence-corrected chi connectivity index (χ4v) is 7.60. The molecular weight excluding hydrogens is 542 g/mol. The monoisotopic (exact) mass is 585 g/mol. The van der Waals surface area contributed by atoms with Crippen LogP contribution in [0, 0.1) is 11.8 Å². The Morgan fingerprint density at radius 3 is 2.30 bits per heavy atom. The fourth-order valence-electron chi connectivity index (χ4n) is 7.60. The lowest BCUT2D eigenvalue weighted by atomic mass is 9.64. The minimum absolute atomic E-state index is 0.00401. The van der Waals surface area contributed by atoms with Crippen molar-refractivity contribution in [3.05, 3.63) is 91.5 Å². The van der Waals surface area contributed by atoms with Crippen LogP contribution >= 0.6 is 0 Å². The number of fused-ring (bicyclic) bond motifs is 1. The Kier molecular flexibility index (Phi) is 9.18. The largest absolute Gasteiger partial charge is 0.396 e. The molecule has 1 spiro atoms. The molecule has 2 unspecified atom stereocenters. The molecule has 8 nitrogen and oxygen atoms in total. The van der Waals surface area contributed by atoms with E-state index in [1.165, 1.54) is 0 Å². The second-order valence-corrected chi connectivity index (χ2v) is 11.9. The van der Waals surface area contributed by atoms with Gasteiger partial charge in [-0.25, -0.2) is 0 Å². The van der Waals surface area contributed by atoms with Crippen LogP contribution in [0.2, 0.25) is 0 Å². The second-order valence-electron chi connectivity index (χ2n) is 11.9. The molecular formula is C35H43N3O5. The van der Waals surface area contributed by atoms with E-state index in [0.29, 0.717) is 58.3 Å². The topological polar surface area (TPSA) is 90.4 Å². The maximum absolute atomic E-state index is 14.6. The Balaban J connectivity index is 1.57. The highest BCUT2D eigenvalue weighted by Gasteiger charge is 2.79. The molecule has 3 heterocycles. The first-order chi connectivity index (χ1) is 20.9. The summed E-state index contributed by atoms with van der Waals surface area (Å²) in [6.45, 7) is 11.0. The predicted molar refractivity (Wildman–Crippen MR) is 166 cm³/mol. The average molecular weight is 586 g/mol. The van der Waals surface area contributed by atoms with Crippen molar-refractivity contribution < 1.29 is 24.2 Å². The van der Waals surface area contributed by atoms with E-state index >= 15 is 0 Å². The SMILES string of the molecule is C=CCN(Cc1ccccc1)C(=O)C1N(CCCCO)C(=O)[C@@H]2[C@H](C(=O)N(CC=C)c3ccccc3)[C@]3(CC)CCC12O3. The highest BCUT2D eigenvalue weighted by molar-refractivity contribution is 6.03. The molecule has 0 aromatic heterocycles. The number of hydrogen-bond acceptors (Lipinski definition) is 5. The highest BCUT2D eigenvalue weighted by Crippen LogP contribution is 2.64. The predicted octanol–water partition coefficient (Wildman–Crippen LogP) is 4.35. The van der Waals surface area contributed by atoms with Gasteiger partial charge in [0.05, 0.1) is 17.4 Å². The minimum Gasteiger partial charge on any atom is -0.396 e. The summed E-state index contributed by atoms with van der Waals surface area (Å²) in [4.78, 5) is 48.8. The van der Waals surface area contributed by atoms with Crippen LogP contribution in [0.3, 0.4) is 0 Å². The molecule has 2 aromatic rings. The molecule has 228 valence electrons. The lowest BCUT2D eigenvalue weighted by Gasteiger charge is -2.37. The number of rotatable bonds is 14. The molecule has 0 aliphatic carbocycles. The Labute approximate surface area is 254 Å². The van der Waals surface area contributed by atoms with Gasteiger partial charge in [-0.3, -0.25) is 14.4 Å². The van der Waals surface area contributed by atoms with Crippen LogP contribution in [0.1, 0.15) is 44.6 Å². The third-order valence-electron chi connectivity index (χ3n) is 9.51. The Morgan fingerprint density at radius 2 is 1.67 bits per heavy atom. The molecule has 8 heteroatoms. The molecule has 3 amide bonds. The molecule has 5 atom stereocenters. The number of amides is 3. The average Bonchev–Trinajstić information content (AvgIpc) is 3.63. The third kappa shape index (κ3) is 5.31. The first kappa shape index (κ1) is 30.7. The van der Waals surface area contributed by atoms with Gasteiger partial charge in [-0.05, 0) is 49.8 Å². The van der Waals surface area contributed by atoms with Crippen LogP contribution in [-0.4, -0.2) is 76.1 Å².